The van der Waals surface area contributed by atoms with Crippen molar-refractivity contribution in [3.05, 3.63) is 199 Å². The molecule has 0 radical (unpaired) electrons. The summed E-state index contributed by atoms with van der Waals surface area (Å²) in [4.78, 5) is 15.6. The maximum Gasteiger partial charge on any atom is 0.164 e. The second-order valence-corrected chi connectivity index (χ2v) is 19.5. The maximum atomic E-state index is 5.26. The Hall–Kier alpha value is -7.89. The smallest absolute Gasteiger partial charge is 0.164 e. The van der Waals surface area contributed by atoms with E-state index < -0.39 is 0 Å². The molecule has 1 aliphatic rings. The second kappa shape index (κ2) is 14.3. The molecule has 3 aromatic heterocycles. The van der Waals surface area contributed by atoms with Crippen molar-refractivity contribution >= 4 is 65.2 Å². The number of rotatable bonds is 5. The molecule has 5 nitrogen and oxygen atoms in total. The van der Waals surface area contributed by atoms with E-state index in [0.29, 0.717) is 17.5 Å². The first-order valence-corrected chi connectivity index (χ1v) is 23.2. The first-order chi connectivity index (χ1) is 32.2. The van der Waals surface area contributed by atoms with Gasteiger partial charge < -0.3 is 9.13 Å². The zero-order valence-corrected chi connectivity index (χ0v) is 37.5. The molecule has 0 bridgehead atoms. The molecule has 3 heterocycles. The highest BCUT2D eigenvalue weighted by Gasteiger charge is 2.38. The van der Waals surface area contributed by atoms with Gasteiger partial charge in [0, 0.05) is 55.0 Å². The highest BCUT2D eigenvalue weighted by molar-refractivity contribution is 6.32. The monoisotopic (exact) mass is 849 g/mol. The van der Waals surface area contributed by atoms with Gasteiger partial charge in [-0.25, -0.2) is 15.0 Å². The van der Waals surface area contributed by atoms with Crippen molar-refractivity contribution in [2.24, 2.45) is 0 Å². The minimum Gasteiger partial charge on any atom is -0.309 e. The first kappa shape index (κ1) is 38.6. The van der Waals surface area contributed by atoms with Crippen molar-refractivity contribution in [3.63, 3.8) is 0 Å². The van der Waals surface area contributed by atoms with Crippen LogP contribution in [0, 0.1) is 0 Å². The quantitative estimate of drug-likeness (QED) is 0.162. The van der Waals surface area contributed by atoms with Gasteiger partial charge in [0.25, 0.3) is 0 Å². The van der Waals surface area contributed by atoms with Crippen molar-refractivity contribution in [2.75, 3.05) is 0 Å². The van der Waals surface area contributed by atoms with Gasteiger partial charge in [-0.15, -0.1) is 0 Å². The van der Waals surface area contributed by atoms with Gasteiger partial charge in [0.15, 0.2) is 17.5 Å². The number of aromatic nitrogens is 5. The molecule has 0 spiro atoms. The molecule has 0 atom stereocenters. The lowest BCUT2D eigenvalue weighted by molar-refractivity contribution is 0.332. The lowest BCUT2D eigenvalue weighted by atomic mass is 9.63. The van der Waals surface area contributed by atoms with Crippen LogP contribution in [0.4, 0.5) is 0 Å². The number of para-hydroxylation sites is 2. The van der Waals surface area contributed by atoms with Crippen LogP contribution in [0.25, 0.3) is 111 Å². The molecule has 0 fully saturated rings. The van der Waals surface area contributed by atoms with Crippen LogP contribution in [-0.4, -0.2) is 24.1 Å². The molecule has 5 heteroatoms. The Bertz CT molecular complexity index is 3910. The van der Waals surface area contributed by atoms with E-state index in [2.05, 4.69) is 207 Å². The average Bonchev–Trinajstić information content (AvgIpc) is 3.88. The molecule has 13 rings (SSSR count). The van der Waals surface area contributed by atoms with Gasteiger partial charge >= 0.3 is 0 Å². The van der Waals surface area contributed by atoms with Crippen LogP contribution in [-0.2, 0) is 10.8 Å². The predicted octanol–water partition coefficient (Wildman–Crippen LogP) is 15.7. The van der Waals surface area contributed by atoms with Crippen molar-refractivity contribution in [1.29, 1.82) is 0 Å². The Labute approximate surface area is 383 Å². The van der Waals surface area contributed by atoms with Gasteiger partial charge in [-0.2, -0.15) is 0 Å². The average molecular weight is 850 g/mol. The highest BCUT2D eigenvalue weighted by atomic mass is 15.0. The fourth-order valence-corrected chi connectivity index (χ4v) is 11.1. The summed E-state index contributed by atoms with van der Waals surface area (Å²) in [6, 6.07) is 67.9. The van der Waals surface area contributed by atoms with Crippen LogP contribution in [0.15, 0.2) is 188 Å². The van der Waals surface area contributed by atoms with E-state index in [1.807, 2.05) is 18.2 Å². The van der Waals surface area contributed by atoms with Gasteiger partial charge in [-0.1, -0.05) is 143 Å². The normalized spacial score (nSPS) is 14.5. The second-order valence-electron chi connectivity index (χ2n) is 19.5. The largest absolute Gasteiger partial charge is 0.309 e. The third kappa shape index (κ3) is 5.82. The Morgan fingerprint density at radius 3 is 1.52 bits per heavy atom. The summed E-state index contributed by atoms with van der Waals surface area (Å²) < 4.78 is 4.86. The van der Waals surface area contributed by atoms with Gasteiger partial charge in [0.2, 0.25) is 0 Å². The fourth-order valence-electron chi connectivity index (χ4n) is 11.1. The molecule has 0 amide bonds. The summed E-state index contributed by atoms with van der Waals surface area (Å²) in [5.74, 6) is 1.91. The molecule has 316 valence electrons. The summed E-state index contributed by atoms with van der Waals surface area (Å²) in [7, 11) is 0. The molecular formula is C61H47N5. The zero-order valence-electron chi connectivity index (χ0n) is 37.5. The Balaban J connectivity index is 1.01. The van der Waals surface area contributed by atoms with E-state index in [1.54, 1.807) is 0 Å². The molecule has 12 aromatic rings. The summed E-state index contributed by atoms with van der Waals surface area (Å²) >= 11 is 0. The third-order valence-electron chi connectivity index (χ3n) is 14.6. The van der Waals surface area contributed by atoms with Crippen molar-refractivity contribution < 1.29 is 0 Å². The van der Waals surface area contributed by atoms with Crippen molar-refractivity contribution in [2.45, 2.75) is 51.4 Å². The molecule has 0 saturated heterocycles. The summed E-state index contributed by atoms with van der Waals surface area (Å²) in [5, 5.41) is 10.0. The lowest BCUT2D eigenvalue weighted by Gasteiger charge is -2.42. The standard InChI is InChI=1S/C61H47N5/c1-60(2)33-34-61(3,4)51-37-54-49(36-50(51)60)55-46-24-13-11-21-43(46)44-22-12-14-25-47(44)56(55)66(54)42-30-27-39(28-31-42)58-62-57(38-17-7-5-8-18-38)63-59(64-58)40-29-32-53-48(35-40)45-23-15-16-26-52(45)65(53)41-19-9-6-10-20-41/h5-32,35-37H,33-34H2,1-4H3. The molecule has 0 saturated carbocycles. The lowest BCUT2D eigenvalue weighted by Crippen LogP contribution is -2.33. The summed E-state index contributed by atoms with van der Waals surface area (Å²) in [5.41, 5.74) is 12.9. The van der Waals surface area contributed by atoms with Gasteiger partial charge in [0.05, 0.1) is 22.1 Å². The molecule has 1 aliphatic carbocycles. The summed E-state index contributed by atoms with van der Waals surface area (Å²) in [6.45, 7) is 9.70. The molecule has 0 N–H and O–H groups in total. The minimum atomic E-state index is 0.0602. The van der Waals surface area contributed by atoms with Crippen LogP contribution in [0.1, 0.15) is 51.7 Å². The van der Waals surface area contributed by atoms with E-state index in [0.717, 1.165) is 50.9 Å². The van der Waals surface area contributed by atoms with Gasteiger partial charge in [0.1, 0.15) is 0 Å². The predicted molar refractivity (Wildman–Crippen MR) is 275 cm³/mol. The molecule has 0 aliphatic heterocycles. The third-order valence-corrected chi connectivity index (χ3v) is 14.6. The maximum absolute atomic E-state index is 5.26. The van der Waals surface area contributed by atoms with Crippen molar-refractivity contribution in [3.8, 4) is 45.5 Å². The minimum absolute atomic E-state index is 0.0602. The van der Waals surface area contributed by atoms with E-state index in [4.69, 9.17) is 15.0 Å². The Morgan fingerprint density at radius 2 is 0.833 bits per heavy atom. The van der Waals surface area contributed by atoms with Gasteiger partial charge in [-0.3, -0.25) is 0 Å². The molecular weight excluding hydrogens is 803 g/mol. The zero-order chi connectivity index (χ0) is 44.3. The van der Waals surface area contributed by atoms with Crippen molar-refractivity contribution in [1.82, 2.24) is 24.1 Å². The summed E-state index contributed by atoms with van der Waals surface area (Å²) in [6.07, 6.45) is 2.32. The number of fused-ring (bicyclic) bond motifs is 12. The van der Waals surface area contributed by atoms with E-state index in [9.17, 15) is 0 Å². The van der Waals surface area contributed by atoms with Crippen LogP contribution >= 0.6 is 0 Å². The molecule has 0 unspecified atom stereocenters. The van der Waals surface area contributed by atoms with Crippen LogP contribution in [0.5, 0.6) is 0 Å². The fraction of sp³-hybridized carbons (Fsp3) is 0.131. The van der Waals surface area contributed by atoms with E-state index >= 15 is 0 Å². The first-order valence-electron chi connectivity index (χ1n) is 23.2. The topological polar surface area (TPSA) is 48.5 Å². The van der Waals surface area contributed by atoms with Crippen LogP contribution in [0.2, 0.25) is 0 Å². The van der Waals surface area contributed by atoms with Gasteiger partial charge in [-0.05, 0) is 124 Å². The Kier molecular flexibility index (Phi) is 8.36. The van der Waals surface area contributed by atoms with E-state index in [1.165, 1.54) is 66.3 Å². The number of benzene rings is 9. The highest BCUT2D eigenvalue weighted by Crippen LogP contribution is 2.50. The Morgan fingerprint density at radius 1 is 0.348 bits per heavy atom. The van der Waals surface area contributed by atoms with Crippen LogP contribution < -0.4 is 0 Å². The molecule has 9 aromatic carbocycles. The number of hydrogen-bond donors (Lipinski definition) is 0. The van der Waals surface area contributed by atoms with Crippen LogP contribution in [0.3, 0.4) is 0 Å². The SMILES string of the molecule is CC1(C)CCC(C)(C)c2cc3c(cc21)c1c2ccccc2c2ccccc2c1n3-c1ccc(-c2nc(-c3ccccc3)nc(-c3ccc4c(c3)c3ccccc3n4-c3ccccc3)n2)cc1. The number of nitrogens with zero attached hydrogens (tertiary/aromatic N) is 5. The van der Waals surface area contributed by atoms with E-state index in [-0.39, 0.29) is 10.8 Å². The molecule has 66 heavy (non-hydrogen) atoms. The number of hydrogen-bond acceptors (Lipinski definition) is 3.